The quantitative estimate of drug-likeness (QED) is 0.602. The lowest BCUT2D eigenvalue weighted by molar-refractivity contribution is 0.586. The van der Waals surface area contributed by atoms with Gasteiger partial charge < -0.3 is 5.32 Å². The van der Waals surface area contributed by atoms with Gasteiger partial charge in [0.05, 0.1) is 0 Å². The number of aromatic nitrogens is 2. The number of hydrogen-bond acceptors (Lipinski definition) is 5. The second-order valence-corrected chi connectivity index (χ2v) is 5.51. The van der Waals surface area contributed by atoms with Gasteiger partial charge in [-0.15, -0.1) is 0 Å². The number of nitrogens with one attached hydrogen (secondary N) is 1. The molecule has 14 heavy (non-hydrogen) atoms. The van der Waals surface area contributed by atoms with E-state index < -0.39 is 0 Å². The average Bonchev–Trinajstić information content (AvgIpc) is 2.50. The van der Waals surface area contributed by atoms with Gasteiger partial charge in [0.15, 0.2) is 4.34 Å². The van der Waals surface area contributed by atoms with Crippen LogP contribution in [0.5, 0.6) is 0 Å². The molecule has 0 bridgehead atoms. The first-order valence-corrected chi connectivity index (χ1v) is 6.61. The highest BCUT2D eigenvalue weighted by molar-refractivity contribution is 8.00. The van der Waals surface area contributed by atoms with Crippen LogP contribution in [0, 0.1) is 6.92 Å². The Morgan fingerprint density at radius 3 is 2.86 bits per heavy atom. The molecule has 3 nitrogen and oxygen atoms in total. The van der Waals surface area contributed by atoms with Crippen molar-refractivity contribution in [3.63, 3.8) is 0 Å². The molecule has 0 aliphatic carbocycles. The molecule has 0 fully saturated rings. The summed E-state index contributed by atoms with van der Waals surface area (Å²) in [5.74, 6) is 2.01. The third kappa shape index (κ3) is 4.93. The van der Waals surface area contributed by atoms with E-state index in [4.69, 9.17) is 0 Å². The van der Waals surface area contributed by atoms with Crippen molar-refractivity contribution < 1.29 is 0 Å². The summed E-state index contributed by atoms with van der Waals surface area (Å²) in [6, 6.07) is 0.587. The lowest BCUT2D eigenvalue weighted by atomic mass is 10.4. The maximum Gasteiger partial charge on any atom is 0.170 e. The molecule has 0 aliphatic heterocycles. The van der Waals surface area contributed by atoms with Crippen LogP contribution < -0.4 is 5.32 Å². The molecule has 0 aliphatic rings. The molecule has 0 saturated heterocycles. The summed E-state index contributed by atoms with van der Waals surface area (Å²) < 4.78 is 5.23. The summed E-state index contributed by atoms with van der Waals surface area (Å²) in [4.78, 5) is 4.29. The van der Waals surface area contributed by atoms with E-state index >= 15 is 0 Å². The zero-order valence-corrected chi connectivity index (χ0v) is 10.5. The van der Waals surface area contributed by atoms with Crippen molar-refractivity contribution >= 4 is 23.3 Å². The lowest BCUT2D eigenvalue weighted by Crippen LogP contribution is -2.23. The predicted octanol–water partition coefficient (Wildman–Crippen LogP) is 2.33. The van der Waals surface area contributed by atoms with E-state index in [-0.39, 0.29) is 0 Å². The van der Waals surface area contributed by atoms with Crippen molar-refractivity contribution in [2.75, 3.05) is 12.3 Å². The molecule has 1 rings (SSSR count). The predicted molar refractivity (Wildman–Crippen MR) is 63.1 cm³/mol. The van der Waals surface area contributed by atoms with Gasteiger partial charge in [0, 0.05) is 11.8 Å². The smallest absolute Gasteiger partial charge is 0.170 e. The standard InChI is InChI=1S/C9H17N3S2/c1-7(2)10-5-4-6-13-9-11-8(3)12-14-9/h7,10H,4-6H2,1-3H3. The minimum absolute atomic E-state index is 0.587. The Bertz CT molecular complexity index is 260. The fourth-order valence-corrected chi connectivity index (χ4v) is 2.62. The summed E-state index contributed by atoms with van der Waals surface area (Å²) in [6.07, 6.45) is 1.18. The second kappa shape index (κ2) is 6.37. The Hall–Kier alpha value is -0.130. The Morgan fingerprint density at radius 2 is 2.29 bits per heavy atom. The molecule has 0 aromatic carbocycles. The Balaban J connectivity index is 2.04. The molecule has 1 aromatic heterocycles. The molecule has 1 aromatic rings. The van der Waals surface area contributed by atoms with E-state index in [2.05, 4.69) is 28.5 Å². The lowest BCUT2D eigenvalue weighted by Gasteiger charge is -2.06. The third-order valence-corrected chi connectivity index (χ3v) is 3.62. The van der Waals surface area contributed by atoms with E-state index in [0.717, 1.165) is 22.5 Å². The summed E-state index contributed by atoms with van der Waals surface area (Å²) in [6.45, 7) is 7.35. The molecule has 0 amide bonds. The Kier molecular flexibility index (Phi) is 5.44. The van der Waals surface area contributed by atoms with Gasteiger partial charge >= 0.3 is 0 Å². The summed E-state index contributed by atoms with van der Waals surface area (Å²) in [5.41, 5.74) is 0. The normalized spacial score (nSPS) is 11.1. The highest BCUT2D eigenvalue weighted by Gasteiger charge is 2.00. The van der Waals surface area contributed by atoms with E-state index in [1.165, 1.54) is 18.0 Å². The van der Waals surface area contributed by atoms with E-state index in [1.54, 1.807) is 11.8 Å². The number of nitrogens with zero attached hydrogens (tertiary/aromatic N) is 2. The summed E-state index contributed by atoms with van der Waals surface area (Å²) >= 11 is 3.29. The molecule has 5 heteroatoms. The monoisotopic (exact) mass is 231 g/mol. The van der Waals surface area contributed by atoms with Gasteiger partial charge in [0.25, 0.3) is 0 Å². The fourth-order valence-electron chi connectivity index (χ4n) is 0.959. The van der Waals surface area contributed by atoms with Crippen LogP contribution in [-0.4, -0.2) is 27.7 Å². The maximum atomic E-state index is 4.29. The van der Waals surface area contributed by atoms with E-state index in [1.807, 2.05) is 6.92 Å². The SMILES string of the molecule is Cc1nsc(SCCCNC(C)C)n1. The van der Waals surface area contributed by atoms with Crippen molar-refractivity contribution in [3.8, 4) is 0 Å². The number of thioether (sulfide) groups is 1. The highest BCUT2D eigenvalue weighted by Crippen LogP contribution is 2.20. The second-order valence-electron chi connectivity index (χ2n) is 3.42. The van der Waals surface area contributed by atoms with Crippen LogP contribution in [0.15, 0.2) is 4.34 Å². The first kappa shape index (κ1) is 11.9. The van der Waals surface area contributed by atoms with Crippen molar-refractivity contribution in [2.45, 2.75) is 37.6 Å². The highest BCUT2D eigenvalue weighted by atomic mass is 32.2. The minimum Gasteiger partial charge on any atom is -0.315 e. The molecule has 0 radical (unpaired) electrons. The Labute approximate surface area is 93.9 Å². The van der Waals surface area contributed by atoms with Crippen LogP contribution in [0.3, 0.4) is 0 Å². The molecular formula is C9H17N3S2. The van der Waals surface area contributed by atoms with E-state index in [9.17, 15) is 0 Å². The summed E-state index contributed by atoms with van der Waals surface area (Å²) in [5, 5.41) is 3.39. The van der Waals surface area contributed by atoms with Crippen molar-refractivity contribution in [2.24, 2.45) is 0 Å². The van der Waals surface area contributed by atoms with Gasteiger partial charge in [-0.1, -0.05) is 25.6 Å². The molecular weight excluding hydrogens is 214 g/mol. The van der Waals surface area contributed by atoms with Crippen LogP contribution in [0.4, 0.5) is 0 Å². The molecule has 1 N–H and O–H groups in total. The van der Waals surface area contributed by atoms with Crippen LogP contribution >= 0.6 is 23.3 Å². The average molecular weight is 231 g/mol. The zero-order chi connectivity index (χ0) is 10.4. The van der Waals surface area contributed by atoms with Crippen molar-refractivity contribution in [1.82, 2.24) is 14.7 Å². The van der Waals surface area contributed by atoms with Crippen LogP contribution in [0.1, 0.15) is 26.1 Å². The molecule has 0 saturated carbocycles. The Morgan fingerprint density at radius 1 is 1.50 bits per heavy atom. The molecule has 80 valence electrons. The first-order chi connectivity index (χ1) is 6.68. The van der Waals surface area contributed by atoms with E-state index in [0.29, 0.717) is 6.04 Å². The van der Waals surface area contributed by atoms with Crippen LogP contribution in [0.25, 0.3) is 0 Å². The summed E-state index contributed by atoms with van der Waals surface area (Å²) in [7, 11) is 0. The molecule has 0 unspecified atom stereocenters. The van der Waals surface area contributed by atoms with Gasteiger partial charge in [-0.25, -0.2) is 4.98 Å². The maximum absolute atomic E-state index is 4.29. The van der Waals surface area contributed by atoms with Gasteiger partial charge in [0.2, 0.25) is 0 Å². The minimum atomic E-state index is 0.587. The van der Waals surface area contributed by atoms with Crippen LogP contribution in [-0.2, 0) is 0 Å². The molecule has 0 atom stereocenters. The van der Waals surface area contributed by atoms with Gasteiger partial charge in [-0.05, 0) is 31.4 Å². The number of hydrogen-bond donors (Lipinski definition) is 1. The van der Waals surface area contributed by atoms with Gasteiger partial charge in [-0.3, -0.25) is 0 Å². The topological polar surface area (TPSA) is 37.8 Å². The number of rotatable bonds is 6. The third-order valence-electron chi connectivity index (χ3n) is 1.61. The molecule has 0 spiro atoms. The number of aryl methyl sites for hydroxylation is 1. The van der Waals surface area contributed by atoms with Gasteiger partial charge in [0.1, 0.15) is 5.82 Å². The van der Waals surface area contributed by atoms with Gasteiger partial charge in [-0.2, -0.15) is 4.37 Å². The largest absolute Gasteiger partial charge is 0.315 e. The first-order valence-electron chi connectivity index (χ1n) is 4.85. The van der Waals surface area contributed by atoms with Crippen molar-refractivity contribution in [1.29, 1.82) is 0 Å². The fraction of sp³-hybridized carbons (Fsp3) is 0.778. The van der Waals surface area contributed by atoms with Crippen LogP contribution in [0.2, 0.25) is 0 Å². The zero-order valence-electron chi connectivity index (χ0n) is 8.91. The van der Waals surface area contributed by atoms with Crippen molar-refractivity contribution in [3.05, 3.63) is 5.82 Å². The molecule has 1 heterocycles.